The van der Waals surface area contributed by atoms with E-state index in [1.54, 1.807) is 0 Å². The van der Waals surface area contributed by atoms with Gasteiger partial charge in [-0.05, 0) is 0 Å². The number of carbonyl (C=O) groups is 6. The molecule has 158 valence electrons. The molecule has 0 aromatic heterocycles. The van der Waals surface area contributed by atoms with Gasteiger partial charge in [0.25, 0.3) is 36.3 Å². The third-order valence-corrected chi connectivity index (χ3v) is 8.84. The predicted octanol–water partition coefficient (Wildman–Crippen LogP) is -0.105. The van der Waals surface area contributed by atoms with Crippen molar-refractivity contribution in [2.24, 2.45) is 0 Å². The first-order valence-electron chi connectivity index (χ1n) is 7.88. The van der Waals surface area contributed by atoms with Gasteiger partial charge in [-0.25, -0.2) is 0 Å². The highest BCUT2D eigenvalue weighted by Crippen LogP contribution is 2.26. The molecule has 12 nitrogen and oxygen atoms in total. The van der Waals surface area contributed by atoms with Crippen LogP contribution in [-0.2, 0) is 55.6 Å². The topological polar surface area (TPSA) is 158 Å². The summed E-state index contributed by atoms with van der Waals surface area (Å²) in [7, 11) is -8.17. The Morgan fingerprint density at radius 2 is 1.00 bits per heavy atom. The average Bonchev–Trinajstić information content (AvgIpc) is 2.47. The molecule has 28 heavy (non-hydrogen) atoms. The third-order valence-electron chi connectivity index (χ3n) is 2.74. The highest BCUT2D eigenvalue weighted by Gasteiger charge is 2.57. The van der Waals surface area contributed by atoms with E-state index in [4.69, 9.17) is 22.1 Å². The summed E-state index contributed by atoms with van der Waals surface area (Å²) in [5, 5.41) is 0. The standard InChI is InChI=1S/C14H22O12Si2/c1-10(16)22-27(9-21-8-15,23-11(2)17)6-7-28(24-12(3)18,25-13(4)19)26-14(5)20/h8H,6-7,9H2,1-5H3. The molecule has 0 aliphatic carbocycles. The molecule has 0 atom stereocenters. The summed E-state index contributed by atoms with van der Waals surface area (Å²) >= 11 is 0. The molecule has 0 spiro atoms. The van der Waals surface area contributed by atoms with Crippen LogP contribution in [0.25, 0.3) is 0 Å². The zero-order chi connectivity index (χ0) is 22.0. The van der Waals surface area contributed by atoms with Gasteiger partial charge < -0.3 is 26.9 Å². The second-order valence-electron chi connectivity index (χ2n) is 5.47. The van der Waals surface area contributed by atoms with Crippen LogP contribution in [0, 0.1) is 0 Å². The van der Waals surface area contributed by atoms with E-state index >= 15 is 0 Å². The first-order valence-corrected chi connectivity index (χ1v) is 12.0. The molecule has 0 aliphatic heterocycles. The van der Waals surface area contributed by atoms with Crippen LogP contribution in [-0.4, -0.2) is 59.9 Å². The van der Waals surface area contributed by atoms with E-state index in [2.05, 4.69) is 4.74 Å². The van der Waals surface area contributed by atoms with Crippen molar-refractivity contribution in [1.82, 2.24) is 0 Å². The minimum absolute atomic E-state index is 0.0592. The number of carbonyl (C=O) groups excluding carboxylic acids is 6. The molecule has 0 saturated carbocycles. The number of ether oxygens (including phenoxy) is 1. The van der Waals surface area contributed by atoms with Crippen LogP contribution in [0.3, 0.4) is 0 Å². The van der Waals surface area contributed by atoms with E-state index in [0.717, 1.165) is 34.6 Å². The molecule has 0 amide bonds. The fraction of sp³-hybridized carbons (Fsp3) is 0.571. The van der Waals surface area contributed by atoms with E-state index in [0.29, 0.717) is 0 Å². The van der Waals surface area contributed by atoms with Gasteiger partial charge >= 0.3 is 17.4 Å². The number of rotatable bonds is 11. The van der Waals surface area contributed by atoms with Crippen LogP contribution in [0.15, 0.2) is 0 Å². The first kappa shape index (κ1) is 25.3. The minimum atomic E-state index is -4.28. The van der Waals surface area contributed by atoms with Gasteiger partial charge in [0.1, 0.15) is 0 Å². The van der Waals surface area contributed by atoms with Gasteiger partial charge in [-0.3, -0.25) is 28.8 Å². The fourth-order valence-electron chi connectivity index (χ4n) is 2.15. The molecule has 0 saturated heterocycles. The SMILES string of the molecule is CC(=O)O[Si](CC[Si](OC(C)=O)(OC(C)=O)OC(C)=O)(COC=O)OC(C)=O. The van der Waals surface area contributed by atoms with E-state index in [1.165, 1.54) is 0 Å². The first-order chi connectivity index (χ1) is 12.9. The van der Waals surface area contributed by atoms with E-state index in [1.807, 2.05) is 0 Å². The van der Waals surface area contributed by atoms with Gasteiger partial charge in [0.05, 0.1) is 6.04 Å². The Morgan fingerprint density at radius 3 is 1.29 bits per heavy atom. The molecule has 0 rings (SSSR count). The smallest absolute Gasteiger partial charge is 0.483 e. The molecule has 0 N–H and O–H groups in total. The molecule has 0 bridgehead atoms. The molecule has 0 aromatic rings. The second kappa shape index (κ2) is 11.2. The van der Waals surface area contributed by atoms with Gasteiger partial charge in [-0.15, -0.1) is 0 Å². The molecule has 0 aliphatic rings. The van der Waals surface area contributed by atoms with Crippen molar-refractivity contribution in [3.63, 3.8) is 0 Å². The van der Waals surface area contributed by atoms with Gasteiger partial charge in [-0.2, -0.15) is 0 Å². The van der Waals surface area contributed by atoms with Crippen molar-refractivity contribution in [3.8, 4) is 0 Å². The van der Waals surface area contributed by atoms with Crippen molar-refractivity contribution in [2.45, 2.75) is 46.7 Å². The van der Waals surface area contributed by atoms with Crippen molar-refractivity contribution in [1.29, 1.82) is 0 Å². The van der Waals surface area contributed by atoms with Gasteiger partial charge in [-0.1, -0.05) is 0 Å². The fourth-order valence-corrected chi connectivity index (χ4v) is 8.53. The normalized spacial score (nSPS) is 10.9. The Balaban J connectivity index is 5.94. The Hall–Kier alpha value is -2.75. The zero-order valence-electron chi connectivity index (χ0n) is 16.1. The Bertz CT molecular complexity index is 575. The van der Waals surface area contributed by atoms with Gasteiger partial charge in [0.15, 0.2) is 6.23 Å². The maximum atomic E-state index is 11.5. The van der Waals surface area contributed by atoms with Crippen molar-refractivity contribution < 1.29 is 55.6 Å². The highest BCUT2D eigenvalue weighted by atomic mass is 28.4. The Labute approximate surface area is 163 Å². The maximum absolute atomic E-state index is 11.5. The zero-order valence-corrected chi connectivity index (χ0v) is 18.1. The Kier molecular flexibility index (Phi) is 10.1. The molecular weight excluding hydrogens is 416 g/mol. The van der Waals surface area contributed by atoms with E-state index in [9.17, 15) is 28.8 Å². The molecular formula is C14H22O12Si2. The van der Waals surface area contributed by atoms with Crippen LogP contribution in [0.2, 0.25) is 12.1 Å². The summed E-state index contributed by atoms with van der Waals surface area (Å²) in [5.41, 5.74) is 0. The summed E-state index contributed by atoms with van der Waals surface area (Å²) in [6, 6.07) is -0.777. The second-order valence-corrected chi connectivity index (χ2v) is 11.0. The van der Waals surface area contributed by atoms with E-state index in [-0.39, 0.29) is 12.5 Å². The van der Waals surface area contributed by atoms with Gasteiger partial charge in [0, 0.05) is 40.7 Å². The molecule has 0 aromatic carbocycles. The van der Waals surface area contributed by atoms with Gasteiger partial charge in [0.2, 0.25) is 0 Å². The Morgan fingerprint density at radius 1 is 0.643 bits per heavy atom. The third kappa shape index (κ3) is 9.81. The predicted molar refractivity (Wildman–Crippen MR) is 92.0 cm³/mol. The molecule has 0 radical (unpaired) electrons. The highest BCUT2D eigenvalue weighted by molar-refractivity contribution is 6.74. The van der Waals surface area contributed by atoms with Crippen LogP contribution in [0.4, 0.5) is 0 Å². The van der Waals surface area contributed by atoms with Crippen LogP contribution < -0.4 is 0 Å². The summed E-state index contributed by atoms with van der Waals surface area (Å²) in [6.07, 6.45) is -0.569. The van der Waals surface area contributed by atoms with Crippen LogP contribution in [0.1, 0.15) is 34.6 Å². The average molecular weight is 438 g/mol. The summed E-state index contributed by atoms with van der Waals surface area (Å²) in [5.74, 6) is -4.36. The number of hydrogen-bond acceptors (Lipinski definition) is 12. The minimum Gasteiger partial charge on any atom is -0.483 e. The lowest BCUT2D eigenvalue weighted by atomic mass is 10.8. The molecule has 0 heterocycles. The molecule has 14 heteroatoms. The maximum Gasteiger partial charge on any atom is 0.705 e. The lowest BCUT2D eigenvalue weighted by Crippen LogP contribution is -2.54. The molecule has 0 fully saturated rings. The lowest BCUT2D eigenvalue weighted by Gasteiger charge is -2.31. The van der Waals surface area contributed by atoms with Crippen molar-refractivity contribution >= 4 is 53.7 Å². The van der Waals surface area contributed by atoms with Crippen molar-refractivity contribution in [2.75, 3.05) is 6.23 Å². The van der Waals surface area contributed by atoms with Crippen LogP contribution in [0.5, 0.6) is 0 Å². The van der Waals surface area contributed by atoms with E-state index < -0.39 is 59.5 Å². The largest absolute Gasteiger partial charge is 0.705 e. The summed E-state index contributed by atoms with van der Waals surface area (Å²) in [4.78, 5) is 68.0. The lowest BCUT2D eigenvalue weighted by molar-refractivity contribution is -0.149. The van der Waals surface area contributed by atoms with Crippen LogP contribution >= 0.6 is 0 Å². The monoisotopic (exact) mass is 438 g/mol. The summed E-state index contributed by atoms with van der Waals surface area (Å²) in [6.45, 7) is 5.17. The molecule has 0 unspecified atom stereocenters. The number of hydrogen-bond donors (Lipinski definition) is 0. The quantitative estimate of drug-likeness (QED) is 0.312. The summed E-state index contributed by atoms with van der Waals surface area (Å²) < 4.78 is 29.9. The van der Waals surface area contributed by atoms with Crippen molar-refractivity contribution in [3.05, 3.63) is 0 Å².